The summed E-state index contributed by atoms with van der Waals surface area (Å²) in [5.74, 6) is -0.202. The summed E-state index contributed by atoms with van der Waals surface area (Å²) in [6.45, 7) is 5.67. The third-order valence-electron chi connectivity index (χ3n) is 4.88. The highest BCUT2D eigenvalue weighted by Gasteiger charge is 2.24. The number of carbonyl (C=O) groups is 2. The van der Waals surface area contributed by atoms with E-state index in [9.17, 15) is 14.9 Å². The second kappa shape index (κ2) is 12.2. The van der Waals surface area contributed by atoms with Gasteiger partial charge in [-0.15, -0.1) is 11.3 Å². The van der Waals surface area contributed by atoms with Crippen LogP contribution in [0.25, 0.3) is 17.2 Å². The lowest BCUT2D eigenvalue weighted by atomic mass is 10.0. The Morgan fingerprint density at radius 2 is 1.89 bits per heavy atom. The van der Waals surface area contributed by atoms with Crippen molar-refractivity contribution >= 4 is 45.9 Å². The first-order valence-electron chi connectivity index (χ1n) is 11.1. The Labute approximate surface area is 218 Å². The van der Waals surface area contributed by atoms with Gasteiger partial charge in [-0.3, -0.25) is 4.79 Å². The number of hydrogen-bond acceptors (Lipinski definition) is 7. The van der Waals surface area contributed by atoms with Crippen molar-refractivity contribution in [2.24, 2.45) is 0 Å². The first-order valence-corrected chi connectivity index (χ1v) is 12.4. The van der Waals surface area contributed by atoms with Crippen molar-refractivity contribution in [2.75, 3.05) is 19.0 Å². The topological polar surface area (TPSA) is 97.7 Å². The van der Waals surface area contributed by atoms with Crippen molar-refractivity contribution in [1.29, 1.82) is 5.26 Å². The molecule has 7 nitrogen and oxygen atoms in total. The van der Waals surface area contributed by atoms with Crippen LogP contribution < -0.4 is 14.8 Å². The molecule has 36 heavy (non-hydrogen) atoms. The summed E-state index contributed by atoms with van der Waals surface area (Å²) < 4.78 is 16.3. The van der Waals surface area contributed by atoms with Crippen LogP contribution in [0.1, 0.15) is 36.7 Å². The van der Waals surface area contributed by atoms with Gasteiger partial charge in [0, 0.05) is 16.0 Å². The number of halogens is 1. The Kier molecular flexibility index (Phi) is 9.12. The molecule has 0 saturated carbocycles. The molecule has 0 fully saturated rings. The smallest absolute Gasteiger partial charge is 0.341 e. The van der Waals surface area contributed by atoms with Crippen LogP contribution in [0.4, 0.5) is 5.00 Å². The van der Waals surface area contributed by atoms with Crippen molar-refractivity contribution in [3.8, 4) is 28.7 Å². The monoisotopic (exact) mass is 524 g/mol. The van der Waals surface area contributed by atoms with Crippen LogP contribution in [0.5, 0.6) is 11.5 Å². The van der Waals surface area contributed by atoms with E-state index in [0.717, 1.165) is 5.56 Å². The summed E-state index contributed by atoms with van der Waals surface area (Å²) in [5, 5.41) is 15.0. The number of amides is 1. The van der Waals surface area contributed by atoms with Crippen molar-refractivity contribution in [2.45, 2.75) is 26.9 Å². The average molecular weight is 525 g/mol. The summed E-state index contributed by atoms with van der Waals surface area (Å²) in [6, 6.07) is 14.0. The van der Waals surface area contributed by atoms with Crippen LogP contribution in [-0.2, 0) is 9.53 Å². The fourth-order valence-corrected chi connectivity index (χ4v) is 4.39. The number of hydrogen-bond donors (Lipinski definition) is 1. The number of thiophene rings is 1. The van der Waals surface area contributed by atoms with Gasteiger partial charge in [0.25, 0.3) is 5.91 Å². The number of rotatable bonds is 9. The third-order valence-corrected chi connectivity index (χ3v) is 6.03. The van der Waals surface area contributed by atoms with Gasteiger partial charge in [-0.1, -0.05) is 29.8 Å². The van der Waals surface area contributed by atoms with E-state index in [0.29, 0.717) is 27.6 Å². The molecular weight excluding hydrogens is 500 g/mol. The van der Waals surface area contributed by atoms with Crippen LogP contribution in [0.2, 0.25) is 5.02 Å². The molecule has 0 aliphatic carbocycles. The minimum absolute atomic E-state index is 0.0436. The molecule has 9 heteroatoms. The minimum Gasteiger partial charge on any atom is -0.493 e. The van der Waals surface area contributed by atoms with Crippen molar-refractivity contribution in [3.05, 3.63) is 69.6 Å². The Balaban J connectivity index is 1.93. The Morgan fingerprint density at radius 3 is 2.50 bits per heavy atom. The lowest BCUT2D eigenvalue weighted by Gasteiger charge is -2.14. The highest BCUT2D eigenvalue weighted by molar-refractivity contribution is 7.15. The summed E-state index contributed by atoms with van der Waals surface area (Å²) in [5.41, 5.74) is 1.98. The molecule has 0 radical (unpaired) electrons. The zero-order valence-corrected chi connectivity index (χ0v) is 21.8. The molecule has 0 spiro atoms. The normalized spacial score (nSPS) is 11.1. The second-order valence-electron chi connectivity index (χ2n) is 7.78. The van der Waals surface area contributed by atoms with Crippen LogP contribution in [0.3, 0.4) is 0 Å². The van der Waals surface area contributed by atoms with Crippen LogP contribution in [0, 0.1) is 11.3 Å². The van der Waals surface area contributed by atoms with Crippen LogP contribution >= 0.6 is 22.9 Å². The summed E-state index contributed by atoms with van der Waals surface area (Å²) in [7, 11) is 1.51. The van der Waals surface area contributed by atoms with E-state index in [1.54, 1.807) is 54.8 Å². The quantitative estimate of drug-likeness (QED) is 0.193. The van der Waals surface area contributed by atoms with Crippen LogP contribution in [0.15, 0.2) is 53.4 Å². The number of nitrogens with zero attached hydrogens (tertiary/aromatic N) is 1. The van der Waals surface area contributed by atoms with Gasteiger partial charge in [0.2, 0.25) is 0 Å². The third kappa shape index (κ3) is 6.45. The largest absolute Gasteiger partial charge is 0.493 e. The second-order valence-corrected chi connectivity index (χ2v) is 9.10. The highest BCUT2D eigenvalue weighted by Crippen LogP contribution is 2.37. The molecule has 0 bridgehead atoms. The lowest BCUT2D eigenvalue weighted by Crippen LogP contribution is -2.16. The van der Waals surface area contributed by atoms with Gasteiger partial charge in [0.15, 0.2) is 11.5 Å². The van der Waals surface area contributed by atoms with Gasteiger partial charge in [-0.05, 0) is 62.2 Å². The molecule has 0 aliphatic rings. The first kappa shape index (κ1) is 26.8. The fraction of sp³-hybridized carbons (Fsp3) is 0.222. The number of carbonyl (C=O) groups excluding carboxylic acids is 2. The standard InChI is InChI=1S/C27H25ClN2O5S/c1-5-34-27(32)24-21(18-7-9-20(28)10-8-18)15-36-26(24)30-25(31)19(14-29)12-17-6-11-22(35-16(2)3)23(13-17)33-4/h6-13,15-16H,5H2,1-4H3,(H,30,31)/b19-12+. The van der Waals surface area contributed by atoms with E-state index in [1.807, 2.05) is 19.9 Å². The Hall–Kier alpha value is -3.80. The van der Waals surface area contributed by atoms with Crippen molar-refractivity contribution in [1.82, 2.24) is 0 Å². The van der Waals surface area contributed by atoms with Crippen molar-refractivity contribution < 1.29 is 23.8 Å². The molecule has 3 rings (SSSR count). The molecule has 1 N–H and O–H groups in total. The summed E-state index contributed by atoms with van der Waals surface area (Å²) >= 11 is 7.16. The number of esters is 1. The summed E-state index contributed by atoms with van der Waals surface area (Å²) in [4.78, 5) is 25.8. The predicted octanol–water partition coefficient (Wildman–Crippen LogP) is 6.59. The minimum atomic E-state index is -0.658. The molecule has 1 heterocycles. The number of methoxy groups -OCH3 is 1. The van der Waals surface area contributed by atoms with Gasteiger partial charge in [0.05, 0.1) is 19.8 Å². The van der Waals surface area contributed by atoms with Gasteiger partial charge < -0.3 is 19.5 Å². The van der Waals surface area contributed by atoms with Crippen molar-refractivity contribution in [3.63, 3.8) is 0 Å². The van der Waals surface area contributed by atoms with E-state index >= 15 is 0 Å². The fourth-order valence-electron chi connectivity index (χ4n) is 3.31. The SMILES string of the molecule is CCOC(=O)c1c(-c2ccc(Cl)cc2)csc1NC(=O)/C(C#N)=C/c1ccc(OC(C)C)c(OC)c1. The zero-order valence-electron chi connectivity index (χ0n) is 20.3. The van der Waals surface area contributed by atoms with Gasteiger partial charge in [0.1, 0.15) is 22.2 Å². The number of nitrogens with one attached hydrogen (secondary N) is 1. The van der Waals surface area contributed by atoms with E-state index in [-0.39, 0.29) is 28.8 Å². The lowest BCUT2D eigenvalue weighted by molar-refractivity contribution is -0.112. The molecule has 0 saturated heterocycles. The first-order chi connectivity index (χ1) is 17.3. The van der Waals surface area contributed by atoms with Gasteiger partial charge >= 0.3 is 5.97 Å². The highest BCUT2D eigenvalue weighted by atomic mass is 35.5. The summed E-state index contributed by atoms with van der Waals surface area (Å²) in [6.07, 6.45) is 1.40. The Morgan fingerprint density at radius 1 is 1.17 bits per heavy atom. The molecule has 0 aliphatic heterocycles. The molecule has 1 aromatic heterocycles. The molecule has 0 atom stereocenters. The molecule has 3 aromatic rings. The van der Waals surface area contributed by atoms with E-state index in [1.165, 1.54) is 24.5 Å². The number of nitriles is 1. The Bertz CT molecular complexity index is 1320. The molecule has 186 valence electrons. The maximum absolute atomic E-state index is 13.0. The maximum Gasteiger partial charge on any atom is 0.341 e. The number of benzene rings is 2. The maximum atomic E-state index is 13.0. The zero-order chi connectivity index (χ0) is 26.2. The van der Waals surface area contributed by atoms with E-state index < -0.39 is 11.9 Å². The van der Waals surface area contributed by atoms with E-state index in [4.69, 9.17) is 25.8 Å². The molecule has 1 amide bonds. The molecule has 0 unspecified atom stereocenters. The number of anilines is 1. The van der Waals surface area contributed by atoms with Crippen LogP contribution in [-0.4, -0.2) is 31.7 Å². The number of ether oxygens (including phenoxy) is 3. The average Bonchev–Trinajstić information content (AvgIpc) is 3.26. The van der Waals surface area contributed by atoms with Gasteiger partial charge in [-0.25, -0.2) is 4.79 Å². The van der Waals surface area contributed by atoms with E-state index in [2.05, 4.69) is 5.32 Å². The predicted molar refractivity (Wildman–Crippen MR) is 142 cm³/mol. The molecular formula is C27H25ClN2O5S. The van der Waals surface area contributed by atoms with Gasteiger partial charge in [-0.2, -0.15) is 5.26 Å². The molecule has 2 aromatic carbocycles.